The number of esters is 1. The Hall–Kier alpha value is -2.37. The van der Waals surface area contributed by atoms with Crippen LogP contribution in [0.4, 0.5) is 0 Å². The smallest absolute Gasteiger partial charge is 0.314 e. The Morgan fingerprint density at radius 3 is 2.50 bits per heavy atom. The maximum absolute atomic E-state index is 11.2. The van der Waals surface area contributed by atoms with Gasteiger partial charge in [-0.15, -0.1) is 0 Å². The van der Waals surface area contributed by atoms with E-state index in [1.54, 1.807) is 18.2 Å². The highest BCUT2D eigenvalue weighted by Gasteiger charge is 2.04. The lowest BCUT2D eigenvalue weighted by Crippen LogP contribution is -2.28. The van der Waals surface area contributed by atoms with E-state index in [0.29, 0.717) is 17.5 Å². The van der Waals surface area contributed by atoms with Crippen molar-refractivity contribution < 1.29 is 9.53 Å². The lowest BCUT2D eigenvalue weighted by atomic mass is 10.1. The third-order valence-electron chi connectivity index (χ3n) is 2.63. The zero-order valence-corrected chi connectivity index (χ0v) is 9.78. The molecule has 0 saturated heterocycles. The van der Waals surface area contributed by atoms with Crippen LogP contribution in [-0.4, -0.2) is 23.0 Å². The predicted octanol–water partition coefficient (Wildman–Crippen LogP) is 0.322. The summed E-state index contributed by atoms with van der Waals surface area (Å²) in [6.45, 7) is 0. The Kier molecular flexibility index (Phi) is 3.27. The number of carbonyl (C=O) groups excluding carboxylic acids is 1. The quantitative estimate of drug-likeness (QED) is 0.604. The van der Waals surface area contributed by atoms with Gasteiger partial charge in [0.15, 0.2) is 0 Å². The summed E-state index contributed by atoms with van der Waals surface area (Å²) in [5, 5.41) is 0. The molecule has 0 amide bonds. The monoisotopic (exact) mass is 248 g/mol. The molecule has 6 nitrogen and oxygen atoms in total. The summed E-state index contributed by atoms with van der Waals surface area (Å²) in [6.07, 6.45) is 0.791. The predicted molar refractivity (Wildman–Crippen MR) is 65.5 cm³/mol. The van der Waals surface area contributed by atoms with E-state index in [2.05, 4.69) is 14.7 Å². The molecule has 0 bridgehead atoms. The summed E-state index contributed by atoms with van der Waals surface area (Å²) >= 11 is 0. The van der Waals surface area contributed by atoms with Gasteiger partial charge in [-0.1, -0.05) is 6.07 Å². The molecule has 0 spiro atoms. The van der Waals surface area contributed by atoms with Crippen LogP contribution in [0.2, 0.25) is 0 Å². The summed E-state index contributed by atoms with van der Waals surface area (Å²) < 4.78 is 4.55. The number of ether oxygens (including phenoxy) is 1. The number of methoxy groups -OCH3 is 1. The highest BCUT2D eigenvalue weighted by atomic mass is 16.5. The first kappa shape index (κ1) is 12.1. The van der Waals surface area contributed by atoms with Crippen molar-refractivity contribution in [1.29, 1.82) is 0 Å². The van der Waals surface area contributed by atoms with Gasteiger partial charge >= 0.3 is 17.1 Å². The molecular formula is C12H12N2O4. The van der Waals surface area contributed by atoms with Crippen LogP contribution < -0.4 is 11.1 Å². The van der Waals surface area contributed by atoms with E-state index in [-0.39, 0.29) is 12.4 Å². The summed E-state index contributed by atoms with van der Waals surface area (Å²) in [7, 11) is 1.34. The molecule has 94 valence electrons. The molecule has 1 aromatic carbocycles. The summed E-state index contributed by atoms with van der Waals surface area (Å²) in [6, 6.07) is 5.22. The van der Waals surface area contributed by atoms with Crippen LogP contribution in [0.25, 0.3) is 11.0 Å². The van der Waals surface area contributed by atoms with Gasteiger partial charge in [0.1, 0.15) is 0 Å². The van der Waals surface area contributed by atoms with Crippen LogP contribution in [0.1, 0.15) is 12.0 Å². The van der Waals surface area contributed by atoms with Gasteiger partial charge in [0.05, 0.1) is 18.1 Å². The molecule has 18 heavy (non-hydrogen) atoms. The van der Waals surface area contributed by atoms with Crippen LogP contribution in [-0.2, 0) is 16.0 Å². The Morgan fingerprint density at radius 2 is 1.83 bits per heavy atom. The Morgan fingerprint density at radius 1 is 1.17 bits per heavy atom. The van der Waals surface area contributed by atoms with Crippen LogP contribution >= 0.6 is 0 Å². The Labute approximate surface area is 102 Å². The molecule has 0 unspecified atom stereocenters. The van der Waals surface area contributed by atoms with Crippen molar-refractivity contribution in [2.45, 2.75) is 12.8 Å². The van der Waals surface area contributed by atoms with Crippen LogP contribution in [0.15, 0.2) is 27.8 Å². The van der Waals surface area contributed by atoms with Crippen LogP contribution in [0.3, 0.4) is 0 Å². The topological polar surface area (TPSA) is 92.0 Å². The molecule has 0 radical (unpaired) electrons. The first-order valence-corrected chi connectivity index (χ1v) is 5.42. The summed E-state index contributed by atoms with van der Waals surface area (Å²) in [4.78, 5) is 38.3. The fourth-order valence-electron chi connectivity index (χ4n) is 1.67. The number of carbonyl (C=O) groups is 1. The van der Waals surface area contributed by atoms with E-state index in [9.17, 15) is 14.4 Å². The second kappa shape index (κ2) is 4.87. The van der Waals surface area contributed by atoms with Gasteiger partial charge in [-0.05, 0) is 24.1 Å². The number of benzene rings is 1. The van der Waals surface area contributed by atoms with Crippen molar-refractivity contribution in [2.75, 3.05) is 7.11 Å². The third kappa shape index (κ3) is 2.48. The number of rotatable bonds is 3. The minimum absolute atomic E-state index is 0.273. The molecule has 6 heteroatoms. The largest absolute Gasteiger partial charge is 0.469 e. The van der Waals surface area contributed by atoms with Gasteiger partial charge in [-0.3, -0.25) is 14.4 Å². The fraction of sp³-hybridized carbons (Fsp3) is 0.250. The number of nitrogens with one attached hydrogen (secondary N) is 2. The van der Waals surface area contributed by atoms with Crippen molar-refractivity contribution in [3.8, 4) is 0 Å². The second-order valence-electron chi connectivity index (χ2n) is 3.86. The van der Waals surface area contributed by atoms with Crippen LogP contribution in [0, 0.1) is 0 Å². The van der Waals surface area contributed by atoms with Gasteiger partial charge in [0.25, 0.3) is 0 Å². The van der Waals surface area contributed by atoms with Crippen molar-refractivity contribution in [3.63, 3.8) is 0 Å². The zero-order valence-electron chi connectivity index (χ0n) is 9.78. The Bertz CT molecular complexity index is 699. The lowest BCUT2D eigenvalue weighted by Gasteiger charge is -2.02. The standard InChI is InChI=1S/C12H12N2O4/c1-18-10(15)5-3-7-2-4-8-9(6-7)14-12(17)11(16)13-8/h2,4,6H,3,5H2,1H3,(H,13,16)(H,14,17). The Balaban J connectivity index is 2.32. The second-order valence-corrected chi connectivity index (χ2v) is 3.86. The molecule has 2 N–H and O–H groups in total. The fourth-order valence-corrected chi connectivity index (χ4v) is 1.67. The average molecular weight is 248 g/mol. The van der Waals surface area contributed by atoms with E-state index in [1.165, 1.54) is 7.11 Å². The minimum Gasteiger partial charge on any atom is -0.469 e. The molecule has 0 atom stereocenters. The number of hydrogen-bond acceptors (Lipinski definition) is 4. The number of aromatic nitrogens is 2. The number of aromatic amines is 2. The third-order valence-corrected chi connectivity index (χ3v) is 2.63. The number of aryl methyl sites for hydroxylation is 1. The van der Waals surface area contributed by atoms with Gasteiger partial charge < -0.3 is 14.7 Å². The van der Waals surface area contributed by atoms with E-state index >= 15 is 0 Å². The van der Waals surface area contributed by atoms with Crippen molar-refractivity contribution in [3.05, 3.63) is 44.5 Å². The first-order chi connectivity index (χ1) is 8.60. The average Bonchev–Trinajstić information content (AvgIpc) is 2.37. The molecule has 0 fully saturated rings. The van der Waals surface area contributed by atoms with E-state index in [4.69, 9.17) is 0 Å². The molecule has 0 aliphatic carbocycles. The lowest BCUT2D eigenvalue weighted by molar-refractivity contribution is -0.140. The normalized spacial score (nSPS) is 10.5. The molecule has 1 aromatic heterocycles. The molecular weight excluding hydrogens is 236 g/mol. The number of hydrogen-bond donors (Lipinski definition) is 2. The molecule has 2 aromatic rings. The zero-order chi connectivity index (χ0) is 13.1. The van der Waals surface area contributed by atoms with Crippen molar-refractivity contribution in [2.24, 2.45) is 0 Å². The summed E-state index contributed by atoms with van der Waals surface area (Å²) in [5.74, 6) is -0.287. The highest BCUT2D eigenvalue weighted by molar-refractivity contribution is 5.75. The van der Waals surface area contributed by atoms with Crippen LogP contribution in [0.5, 0.6) is 0 Å². The molecule has 2 rings (SSSR count). The van der Waals surface area contributed by atoms with Gasteiger partial charge in [0.2, 0.25) is 0 Å². The van der Waals surface area contributed by atoms with E-state index in [1.807, 2.05) is 0 Å². The van der Waals surface area contributed by atoms with Crippen molar-refractivity contribution >= 4 is 17.0 Å². The highest BCUT2D eigenvalue weighted by Crippen LogP contribution is 2.11. The minimum atomic E-state index is -0.687. The van der Waals surface area contributed by atoms with E-state index < -0.39 is 11.1 Å². The number of fused-ring (bicyclic) bond motifs is 1. The molecule has 0 aliphatic rings. The van der Waals surface area contributed by atoms with Gasteiger partial charge in [-0.25, -0.2) is 0 Å². The number of H-pyrrole nitrogens is 2. The van der Waals surface area contributed by atoms with E-state index in [0.717, 1.165) is 5.56 Å². The maximum Gasteiger partial charge on any atom is 0.314 e. The van der Waals surface area contributed by atoms with Gasteiger partial charge in [0, 0.05) is 6.42 Å². The SMILES string of the molecule is COC(=O)CCc1ccc2[nH]c(=O)c(=O)[nH]c2c1. The van der Waals surface area contributed by atoms with Crippen molar-refractivity contribution in [1.82, 2.24) is 9.97 Å². The summed E-state index contributed by atoms with van der Waals surface area (Å²) in [5.41, 5.74) is 0.622. The maximum atomic E-state index is 11.2. The molecule has 0 saturated carbocycles. The molecule has 0 aliphatic heterocycles. The van der Waals surface area contributed by atoms with Gasteiger partial charge in [-0.2, -0.15) is 0 Å². The molecule has 1 heterocycles. The first-order valence-electron chi connectivity index (χ1n) is 5.42.